The van der Waals surface area contributed by atoms with E-state index in [0.29, 0.717) is 0 Å². The topological polar surface area (TPSA) is 9.23 Å². The van der Waals surface area contributed by atoms with Crippen LogP contribution in [-0.2, 0) is 11.0 Å². The monoisotopic (exact) mass is 500 g/mol. The second-order valence-corrected chi connectivity index (χ2v) is 11.2. The zero-order valence-electron chi connectivity index (χ0n) is 20.8. The number of rotatable bonds is 2. The fraction of sp³-hybridized carbons (Fsp3) is 0.118. The first-order chi connectivity index (χ1) is 17.9. The minimum absolute atomic E-state index is 0.162. The van der Waals surface area contributed by atoms with Crippen molar-refractivity contribution >= 4 is 31.4 Å². The summed E-state index contributed by atoms with van der Waals surface area (Å²) in [5.74, 6) is 0.682. The number of benzene rings is 5. The average molecular weight is 501 g/mol. The molecule has 0 aromatic heterocycles. The Morgan fingerprint density at radius 3 is 1.97 bits per heavy atom. The maximum atomic E-state index is 15.5. The van der Waals surface area contributed by atoms with E-state index < -0.39 is 11.0 Å². The lowest BCUT2D eigenvalue weighted by molar-refractivity contribution is 0.163. The molecule has 0 radical (unpaired) electrons. The first-order valence-corrected chi connectivity index (χ1v) is 13.2. The molecule has 2 aliphatic rings. The molecule has 7 rings (SSSR count). The van der Waals surface area contributed by atoms with Gasteiger partial charge in [-0.25, -0.2) is 4.39 Å². The molecule has 1 nitrogen and oxygen atoms in total. The normalized spacial score (nSPS) is 16.1. The highest BCUT2D eigenvalue weighted by Crippen LogP contribution is 2.58. The van der Waals surface area contributed by atoms with Crippen molar-refractivity contribution in [3.05, 3.63) is 137 Å². The van der Waals surface area contributed by atoms with Gasteiger partial charge in [0.2, 0.25) is 0 Å². The van der Waals surface area contributed by atoms with Gasteiger partial charge >= 0.3 is 0 Å². The molecule has 0 N–H and O–H groups in total. The van der Waals surface area contributed by atoms with Crippen molar-refractivity contribution in [1.29, 1.82) is 0 Å². The van der Waals surface area contributed by atoms with Crippen molar-refractivity contribution in [1.82, 2.24) is 0 Å². The Bertz CT molecular complexity index is 1700. The zero-order chi connectivity index (χ0) is 25.4. The molecule has 1 unspecified atom stereocenters. The van der Waals surface area contributed by atoms with Crippen molar-refractivity contribution in [3.63, 3.8) is 0 Å². The minimum Gasteiger partial charge on any atom is -0.472 e. The molecule has 1 heterocycles. The third-order valence-electron chi connectivity index (χ3n) is 7.99. The molecule has 0 bridgehead atoms. The summed E-state index contributed by atoms with van der Waals surface area (Å²) < 4.78 is 22.7. The number of ether oxygens (including phenoxy) is 1. The smallest absolute Gasteiger partial charge is 0.178 e. The van der Waals surface area contributed by atoms with Crippen LogP contribution in [0.5, 0.6) is 5.75 Å². The van der Waals surface area contributed by atoms with Gasteiger partial charge in [-0.3, -0.25) is 0 Å². The van der Waals surface area contributed by atoms with E-state index in [1.54, 1.807) is 6.07 Å². The second kappa shape index (κ2) is 7.88. The molecule has 3 heteroatoms. The van der Waals surface area contributed by atoms with E-state index in [1.807, 2.05) is 12.1 Å². The SMILES string of the molecule is CC1(C)c2c(F)cc(P)cc2-c2c1c1c(c3ccccc23)OC(c2ccccc2)(c2ccccc2)C=C1. The van der Waals surface area contributed by atoms with E-state index in [4.69, 9.17) is 4.74 Å². The van der Waals surface area contributed by atoms with Gasteiger partial charge in [0.15, 0.2) is 5.60 Å². The van der Waals surface area contributed by atoms with Gasteiger partial charge in [0.25, 0.3) is 0 Å². The summed E-state index contributed by atoms with van der Waals surface area (Å²) in [6.45, 7) is 4.25. The highest BCUT2D eigenvalue weighted by Gasteiger charge is 2.45. The minimum atomic E-state index is -0.777. The van der Waals surface area contributed by atoms with E-state index in [2.05, 4.69) is 114 Å². The molecule has 180 valence electrons. The van der Waals surface area contributed by atoms with Crippen molar-refractivity contribution in [2.24, 2.45) is 0 Å². The molecule has 5 aromatic carbocycles. The van der Waals surface area contributed by atoms with Crippen molar-refractivity contribution < 1.29 is 9.13 Å². The Kier molecular flexibility index (Phi) is 4.78. The largest absolute Gasteiger partial charge is 0.472 e. The maximum Gasteiger partial charge on any atom is 0.178 e. The molecule has 0 saturated heterocycles. The predicted molar refractivity (Wildman–Crippen MR) is 154 cm³/mol. The van der Waals surface area contributed by atoms with Crippen LogP contribution in [0.25, 0.3) is 28.0 Å². The Balaban J connectivity index is 1.58. The van der Waals surface area contributed by atoms with E-state index in [1.165, 1.54) is 0 Å². The van der Waals surface area contributed by atoms with Crippen LogP contribution in [0.2, 0.25) is 0 Å². The highest BCUT2D eigenvalue weighted by molar-refractivity contribution is 7.27. The summed E-state index contributed by atoms with van der Waals surface area (Å²) in [6.07, 6.45) is 4.38. The van der Waals surface area contributed by atoms with Gasteiger partial charge in [-0.2, -0.15) is 0 Å². The van der Waals surface area contributed by atoms with E-state index in [0.717, 1.165) is 60.8 Å². The average Bonchev–Trinajstić information content (AvgIpc) is 3.16. The standard InChI is InChI=1S/C34H26FOP/c1-33(2)30-27(19-23(37)20-28(30)35)29-24-15-9-10-16-25(24)32-26(31(29)33)17-18-34(36-32,21-11-5-3-6-12-21)22-13-7-4-8-14-22/h3-20H,37H2,1-2H3. The summed E-state index contributed by atoms with van der Waals surface area (Å²) >= 11 is 0. The van der Waals surface area contributed by atoms with Crippen molar-refractivity contribution in [2.45, 2.75) is 24.9 Å². The molecule has 5 aromatic rings. The van der Waals surface area contributed by atoms with Crippen molar-refractivity contribution in [2.75, 3.05) is 0 Å². The summed E-state index contributed by atoms with van der Waals surface area (Å²) in [4.78, 5) is 0. The lowest BCUT2D eigenvalue weighted by atomic mass is 9.76. The summed E-state index contributed by atoms with van der Waals surface area (Å²) in [5.41, 5.74) is 5.82. The van der Waals surface area contributed by atoms with Gasteiger partial charge < -0.3 is 4.74 Å². The molecule has 37 heavy (non-hydrogen) atoms. The third kappa shape index (κ3) is 3.06. The Hall–Kier alpha value is -3.74. The molecule has 1 aliphatic carbocycles. The van der Waals surface area contributed by atoms with Gasteiger partial charge in [-0.15, -0.1) is 9.24 Å². The van der Waals surface area contributed by atoms with Gasteiger partial charge in [0.1, 0.15) is 11.6 Å². The van der Waals surface area contributed by atoms with Crippen LogP contribution < -0.4 is 10.0 Å². The Labute approximate surface area is 218 Å². The van der Waals surface area contributed by atoms with E-state index >= 15 is 4.39 Å². The third-order valence-corrected chi connectivity index (χ3v) is 8.32. The van der Waals surface area contributed by atoms with Gasteiger partial charge in [-0.05, 0) is 45.6 Å². The van der Waals surface area contributed by atoms with E-state index in [-0.39, 0.29) is 5.82 Å². The van der Waals surface area contributed by atoms with Crippen LogP contribution in [0.15, 0.2) is 103 Å². The fourth-order valence-corrected chi connectivity index (χ4v) is 6.77. The Morgan fingerprint density at radius 2 is 1.32 bits per heavy atom. The fourth-order valence-electron chi connectivity index (χ4n) is 6.45. The molecular weight excluding hydrogens is 474 g/mol. The number of fused-ring (bicyclic) bond motifs is 8. The quantitative estimate of drug-likeness (QED) is 0.222. The summed E-state index contributed by atoms with van der Waals surface area (Å²) in [7, 11) is 2.66. The first kappa shape index (κ1) is 22.5. The van der Waals surface area contributed by atoms with Crippen LogP contribution in [0, 0.1) is 5.82 Å². The molecular formula is C34H26FOP. The number of halogens is 1. The summed E-state index contributed by atoms with van der Waals surface area (Å²) in [5, 5.41) is 2.97. The van der Waals surface area contributed by atoms with Crippen LogP contribution in [0.4, 0.5) is 4.39 Å². The zero-order valence-corrected chi connectivity index (χ0v) is 21.9. The van der Waals surface area contributed by atoms with Gasteiger partial charge in [-0.1, -0.05) is 105 Å². The van der Waals surface area contributed by atoms with Gasteiger partial charge in [0.05, 0.1) is 0 Å². The number of hydrogen-bond donors (Lipinski definition) is 0. The van der Waals surface area contributed by atoms with Crippen LogP contribution >= 0.6 is 9.24 Å². The highest BCUT2D eigenvalue weighted by atomic mass is 31.0. The molecule has 0 fully saturated rings. The van der Waals surface area contributed by atoms with Crippen LogP contribution in [0.1, 0.15) is 41.7 Å². The molecule has 0 saturated carbocycles. The lowest BCUT2D eigenvalue weighted by Crippen LogP contribution is -2.35. The Morgan fingerprint density at radius 1 is 0.730 bits per heavy atom. The first-order valence-electron chi connectivity index (χ1n) is 12.6. The summed E-state index contributed by atoms with van der Waals surface area (Å²) in [6, 6.07) is 32.8. The number of hydrogen-bond acceptors (Lipinski definition) is 1. The van der Waals surface area contributed by atoms with E-state index in [9.17, 15) is 0 Å². The predicted octanol–water partition coefficient (Wildman–Crippen LogP) is 8.14. The lowest BCUT2D eigenvalue weighted by Gasteiger charge is -2.38. The second-order valence-electron chi connectivity index (χ2n) is 10.5. The van der Waals surface area contributed by atoms with Gasteiger partial charge in [0, 0.05) is 33.1 Å². The molecule has 1 atom stereocenters. The van der Waals surface area contributed by atoms with Crippen molar-refractivity contribution in [3.8, 4) is 16.9 Å². The maximum absolute atomic E-state index is 15.5. The van der Waals surface area contributed by atoms with Crippen LogP contribution in [-0.4, -0.2) is 0 Å². The molecule has 0 amide bonds. The molecule has 1 aliphatic heterocycles. The van der Waals surface area contributed by atoms with Crippen LogP contribution in [0.3, 0.4) is 0 Å². The molecule has 0 spiro atoms.